The molecule has 0 heteroatoms. The Morgan fingerprint density at radius 1 is 1.27 bits per heavy atom. The van der Waals surface area contributed by atoms with E-state index in [0.717, 1.165) is 6.42 Å². The van der Waals surface area contributed by atoms with Gasteiger partial charge in [0.1, 0.15) is 0 Å². The molecule has 0 aliphatic rings. The molecular weight excluding hydrogens is 132 g/mol. The molecule has 0 nitrogen and oxygen atoms in total. The molecule has 0 atom stereocenters. The SMILES string of the molecule is CCCc1c[c]c(CC)cc1. The fraction of sp³-hybridized carbons (Fsp3) is 0.455. The predicted molar refractivity (Wildman–Crippen MR) is 48.7 cm³/mol. The summed E-state index contributed by atoms with van der Waals surface area (Å²) in [5.41, 5.74) is 2.72. The molecule has 0 aromatic heterocycles. The first-order valence-corrected chi connectivity index (χ1v) is 4.36. The lowest BCUT2D eigenvalue weighted by Crippen LogP contribution is -1.84. The molecule has 0 N–H and O–H groups in total. The van der Waals surface area contributed by atoms with Crippen LogP contribution in [0.3, 0.4) is 0 Å². The molecule has 0 saturated carbocycles. The molecule has 0 aliphatic heterocycles. The summed E-state index contributed by atoms with van der Waals surface area (Å²) in [5, 5.41) is 0. The zero-order valence-corrected chi connectivity index (χ0v) is 7.35. The van der Waals surface area contributed by atoms with Crippen LogP contribution in [0.15, 0.2) is 18.2 Å². The third kappa shape index (κ3) is 2.38. The van der Waals surface area contributed by atoms with Crippen molar-refractivity contribution in [3.8, 4) is 0 Å². The standard InChI is InChI=1S/C11H15/c1-3-5-11-8-6-10(4-2)7-9-11/h6,8-9H,3-5H2,1-2H3. The molecule has 59 valence electrons. The van der Waals surface area contributed by atoms with Crippen LogP contribution >= 0.6 is 0 Å². The fourth-order valence-corrected chi connectivity index (χ4v) is 1.15. The van der Waals surface area contributed by atoms with Gasteiger partial charge in [-0.25, -0.2) is 0 Å². The van der Waals surface area contributed by atoms with E-state index in [1.54, 1.807) is 0 Å². The highest BCUT2D eigenvalue weighted by Gasteiger charge is 1.91. The molecule has 1 aromatic rings. The molecule has 0 saturated heterocycles. The van der Waals surface area contributed by atoms with Crippen molar-refractivity contribution in [1.82, 2.24) is 0 Å². The lowest BCUT2D eigenvalue weighted by Gasteiger charge is -1.98. The minimum Gasteiger partial charge on any atom is -0.0651 e. The van der Waals surface area contributed by atoms with Gasteiger partial charge in [-0.2, -0.15) is 0 Å². The van der Waals surface area contributed by atoms with E-state index in [1.165, 1.54) is 24.0 Å². The van der Waals surface area contributed by atoms with Gasteiger partial charge in [0.15, 0.2) is 0 Å². The van der Waals surface area contributed by atoms with E-state index in [9.17, 15) is 0 Å². The molecular formula is C11H15. The van der Waals surface area contributed by atoms with Crippen molar-refractivity contribution in [2.75, 3.05) is 0 Å². The van der Waals surface area contributed by atoms with Gasteiger partial charge in [0, 0.05) is 0 Å². The van der Waals surface area contributed by atoms with Gasteiger partial charge in [0.2, 0.25) is 0 Å². The second-order valence-corrected chi connectivity index (χ2v) is 2.83. The largest absolute Gasteiger partial charge is 0.0651 e. The number of hydrogen-bond donors (Lipinski definition) is 0. The number of aryl methyl sites for hydroxylation is 2. The first kappa shape index (κ1) is 8.32. The predicted octanol–water partition coefficient (Wildman–Crippen LogP) is 3.00. The smallest absolute Gasteiger partial charge is 0.0146 e. The highest BCUT2D eigenvalue weighted by Crippen LogP contribution is 2.05. The lowest BCUT2D eigenvalue weighted by molar-refractivity contribution is 0.919. The highest BCUT2D eigenvalue weighted by atomic mass is 14.0. The summed E-state index contributed by atoms with van der Waals surface area (Å²) < 4.78 is 0. The summed E-state index contributed by atoms with van der Waals surface area (Å²) in [5.74, 6) is 0. The minimum absolute atomic E-state index is 1.09. The van der Waals surface area contributed by atoms with Crippen molar-refractivity contribution in [2.45, 2.75) is 33.1 Å². The van der Waals surface area contributed by atoms with E-state index in [1.807, 2.05) is 0 Å². The van der Waals surface area contributed by atoms with Crippen LogP contribution in [0.2, 0.25) is 0 Å². The van der Waals surface area contributed by atoms with Gasteiger partial charge < -0.3 is 0 Å². The second-order valence-electron chi connectivity index (χ2n) is 2.83. The zero-order valence-electron chi connectivity index (χ0n) is 7.35. The van der Waals surface area contributed by atoms with E-state index in [0.29, 0.717) is 0 Å². The average Bonchev–Trinajstić information content (AvgIpc) is 2.07. The third-order valence-corrected chi connectivity index (χ3v) is 1.86. The van der Waals surface area contributed by atoms with Crippen LogP contribution < -0.4 is 0 Å². The van der Waals surface area contributed by atoms with E-state index in [-0.39, 0.29) is 0 Å². The zero-order chi connectivity index (χ0) is 8.10. The molecule has 1 rings (SSSR count). The van der Waals surface area contributed by atoms with Crippen LogP contribution in [0.1, 0.15) is 31.4 Å². The second kappa shape index (κ2) is 4.17. The maximum atomic E-state index is 3.27. The Morgan fingerprint density at radius 3 is 2.55 bits per heavy atom. The van der Waals surface area contributed by atoms with Crippen LogP contribution in [0, 0.1) is 6.07 Å². The first-order chi connectivity index (χ1) is 5.36. The van der Waals surface area contributed by atoms with Crippen molar-refractivity contribution in [1.29, 1.82) is 0 Å². The van der Waals surface area contributed by atoms with E-state index >= 15 is 0 Å². The van der Waals surface area contributed by atoms with Crippen molar-refractivity contribution < 1.29 is 0 Å². The van der Waals surface area contributed by atoms with Gasteiger partial charge in [-0.05, 0) is 30.0 Å². The van der Waals surface area contributed by atoms with Gasteiger partial charge in [0.25, 0.3) is 0 Å². The Morgan fingerprint density at radius 2 is 2.09 bits per heavy atom. The van der Waals surface area contributed by atoms with Crippen molar-refractivity contribution in [2.24, 2.45) is 0 Å². The van der Waals surface area contributed by atoms with Crippen LogP contribution in [0.25, 0.3) is 0 Å². The molecule has 1 radical (unpaired) electrons. The summed E-state index contributed by atoms with van der Waals surface area (Å²) in [6, 6.07) is 9.76. The van der Waals surface area contributed by atoms with E-state index in [4.69, 9.17) is 0 Å². The third-order valence-electron chi connectivity index (χ3n) is 1.86. The maximum Gasteiger partial charge on any atom is -0.0146 e. The number of rotatable bonds is 3. The van der Waals surface area contributed by atoms with Gasteiger partial charge >= 0.3 is 0 Å². The molecule has 1 aromatic carbocycles. The normalized spacial score (nSPS) is 10.0. The Kier molecular flexibility index (Phi) is 3.15. The van der Waals surface area contributed by atoms with Crippen LogP contribution in [0.4, 0.5) is 0 Å². The van der Waals surface area contributed by atoms with Gasteiger partial charge in [0.05, 0.1) is 0 Å². The van der Waals surface area contributed by atoms with Gasteiger partial charge in [-0.15, -0.1) is 0 Å². The molecule has 0 fully saturated rings. The Bertz CT molecular complexity index is 196. The summed E-state index contributed by atoms with van der Waals surface area (Å²) in [6.45, 7) is 4.36. The Balaban J connectivity index is 2.66. The van der Waals surface area contributed by atoms with Crippen LogP contribution in [-0.2, 0) is 12.8 Å². The molecule has 0 unspecified atom stereocenters. The van der Waals surface area contributed by atoms with Crippen molar-refractivity contribution in [3.05, 3.63) is 35.4 Å². The summed E-state index contributed by atoms with van der Waals surface area (Å²) in [4.78, 5) is 0. The molecule has 0 aliphatic carbocycles. The van der Waals surface area contributed by atoms with Crippen LogP contribution in [-0.4, -0.2) is 0 Å². The molecule has 11 heavy (non-hydrogen) atoms. The maximum absolute atomic E-state index is 3.27. The lowest BCUT2D eigenvalue weighted by atomic mass is 10.1. The van der Waals surface area contributed by atoms with Gasteiger partial charge in [-0.1, -0.05) is 38.5 Å². The first-order valence-electron chi connectivity index (χ1n) is 4.36. The monoisotopic (exact) mass is 147 g/mol. The van der Waals surface area contributed by atoms with Crippen molar-refractivity contribution >= 4 is 0 Å². The highest BCUT2D eigenvalue weighted by molar-refractivity contribution is 5.21. The average molecular weight is 147 g/mol. The Labute approximate surface area is 69.3 Å². The molecule has 0 heterocycles. The number of benzene rings is 1. The quantitative estimate of drug-likeness (QED) is 0.616. The Hall–Kier alpha value is -0.780. The van der Waals surface area contributed by atoms with E-state index < -0.39 is 0 Å². The minimum atomic E-state index is 1.09. The molecule has 0 bridgehead atoms. The van der Waals surface area contributed by atoms with Gasteiger partial charge in [-0.3, -0.25) is 0 Å². The summed E-state index contributed by atoms with van der Waals surface area (Å²) in [7, 11) is 0. The topological polar surface area (TPSA) is 0 Å². The van der Waals surface area contributed by atoms with E-state index in [2.05, 4.69) is 38.1 Å². The fourth-order valence-electron chi connectivity index (χ4n) is 1.15. The number of hydrogen-bond acceptors (Lipinski definition) is 0. The molecule has 0 amide bonds. The van der Waals surface area contributed by atoms with Crippen molar-refractivity contribution in [3.63, 3.8) is 0 Å². The summed E-state index contributed by atoms with van der Waals surface area (Å²) >= 11 is 0. The van der Waals surface area contributed by atoms with Crippen LogP contribution in [0.5, 0.6) is 0 Å². The molecule has 0 spiro atoms. The summed E-state index contributed by atoms with van der Waals surface area (Å²) in [6.07, 6.45) is 3.49.